The number of hydrogen-bond donors (Lipinski definition) is 2. The fourth-order valence-electron chi connectivity index (χ4n) is 3.94. The summed E-state index contributed by atoms with van der Waals surface area (Å²) in [6.07, 6.45) is 0. The molecule has 34 heavy (non-hydrogen) atoms. The number of methoxy groups -OCH3 is 2. The van der Waals surface area contributed by atoms with Crippen LogP contribution in [-0.4, -0.2) is 25.2 Å². The zero-order chi connectivity index (χ0) is 24.2. The third kappa shape index (κ3) is 4.71. The molecule has 0 fully saturated rings. The van der Waals surface area contributed by atoms with Crippen LogP contribution in [0.5, 0.6) is 11.5 Å². The Balaban J connectivity index is 1.81. The van der Waals surface area contributed by atoms with Crippen LogP contribution >= 0.6 is 23.8 Å². The van der Waals surface area contributed by atoms with Crippen molar-refractivity contribution in [1.29, 1.82) is 0 Å². The minimum atomic E-state index is -0.436. The van der Waals surface area contributed by atoms with Crippen LogP contribution in [-0.2, 0) is 4.79 Å². The number of ether oxygens (including phenoxy) is 2. The highest BCUT2D eigenvalue weighted by molar-refractivity contribution is 7.80. The van der Waals surface area contributed by atoms with Gasteiger partial charge in [-0.2, -0.15) is 0 Å². The number of rotatable bonds is 6. The topological polar surface area (TPSA) is 62.8 Å². The molecule has 1 unspecified atom stereocenters. The first-order valence-corrected chi connectivity index (χ1v) is 11.4. The van der Waals surface area contributed by atoms with Gasteiger partial charge in [-0.25, -0.2) is 0 Å². The molecule has 8 heteroatoms. The van der Waals surface area contributed by atoms with Gasteiger partial charge in [0.1, 0.15) is 11.5 Å². The number of allylic oxidation sites excluding steroid dienone is 1. The van der Waals surface area contributed by atoms with Crippen molar-refractivity contribution in [1.82, 2.24) is 5.32 Å². The molecule has 0 aromatic heterocycles. The molecular formula is C26H24ClN3O3S. The maximum Gasteiger partial charge on any atom is 0.255 e. The third-order valence-corrected chi connectivity index (χ3v) is 6.15. The minimum absolute atomic E-state index is 0.285. The summed E-state index contributed by atoms with van der Waals surface area (Å²) in [4.78, 5) is 15.6. The predicted molar refractivity (Wildman–Crippen MR) is 140 cm³/mol. The number of halogens is 1. The average Bonchev–Trinajstić information content (AvgIpc) is 2.85. The van der Waals surface area contributed by atoms with Crippen LogP contribution in [0.2, 0.25) is 5.02 Å². The number of nitrogens with one attached hydrogen (secondary N) is 2. The predicted octanol–water partition coefficient (Wildman–Crippen LogP) is 5.71. The molecule has 4 rings (SSSR count). The lowest BCUT2D eigenvalue weighted by atomic mass is 9.94. The SMILES string of the molecule is COc1ccc(OC)c(NC(=O)C2=C(C)N(c3ccc(Cl)cc3)C(=S)NC2c2ccccc2)c1. The van der Waals surface area contributed by atoms with Gasteiger partial charge in [0.05, 0.1) is 31.5 Å². The van der Waals surface area contributed by atoms with Crippen molar-refractivity contribution < 1.29 is 14.3 Å². The quantitative estimate of drug-likeness (QED) is 0.429. The molecule has 1 heterocycles. The zero-order valence-corrected chi connectivity index (χ0v) is 20.5. The Morgan fingerprint density at radius 1 is 1.03 bits per heavy atom. The van der Waals surface area contributed by atoms with E-state index in [2.05, 4.69) is 10.6 Å². The normalized spacial score (nSPS) is 15.6. The summed E-state index contributed by atoms with van der Waals surface area (Å²) in [6.45, 7) is 1.88. The van der Waals surface area contributed by atoms with Crippen LogP contribution < -0.4 is 25.0 Å². The van der Waals surface area contributed by atoms with E-state index in [-0.39, 0.29) is 5.91 Å². The largest absolute Gasteiger partial charge is 0.497 e. The van der Waals surface area contributed by atoms with Gasteiger partial charge in [-0.3, -0.25) is 9.69 Å². The number of amides is 1. The average molecular weight is 494 g/mol. The van der Waals surface area contributed by atoms with Gasteiger partial charge in [-0.05, 0) is 61.1 Å². The van der Waals surface area contributed by atoms with Crippen LogP contribution in [0.3, 0.4) is 0 Å². The first kappa shape index (κ1) is 23.6. The van der Waals surface area contributed by atoms with E-state index in [0.717, 1.165) is 11.3 Å². The molecule has 6 nitrogen and oxygen atoms in total. The third-order valence-electron chi connectivity index (χ3n) is 5.60. The van der Waals surface area contributed by atoms with Crippen molar-refractivity contribution in [2.45, 2.75) is 13.0 Å². The summed E-state index contributed by atoms with van der Waals surface area (Å²) >= 11 is 11.8. The standard InChI is InChI=1S/C26H24ClN3O3S/c1-16-23(25(31)28-21-15-20(32-2)13-14-22(21)33-3)24(17-7-5-4-6-8-17)29-26(34)30(16)19-11-9-18(27)10-12-19/h4-15,24H,1-3H3,(H,28,31)(H,29,34). The Kier molecular flexibility index (Phi) is 7.05. The lowest BCUT2D eigenvalue weighted by Gasteiger charge is -2.38. The minimum Gasteiger partial charge on any atom is -0.497 e. The van der Waals surface area contributed by atoms with E-state index in [1.165, 1.54) is 0 Å². The van der Waals surface area contributed by atoms with E-state index in [0.29, 0.717) is 38.6 Å². The smallest absolute Gasteiger partial charge is 0.255 e. The molecular weight excluding hydrogens is 470 g/mol. The molecule has 0 saturated heterocycles. The second-order valence-corrected chi connectivity index (χ2v) is 8.45. The van der Waals surface area contributed by atoms with Crippen LogP contribution in [0.4, 0.5) is 11.4 Å². The Hall–Kier alpha value is -3.55. The molecule has 0 saturated carbocycles. The maximum atomic E-state index is 13.8. The van der Waals surface area contributed by atoms with Gasteiger partial charge in [0.25, 0.3) is 5.91 Å². The summed E-state index contributed by atoms with van der Waals surface area (Å²) in [5.74, 6) is 0.844. The highest BCUT2D eigenvalue weighted by Gasteiger charge is 2.34. The fourth-order valence-corrected chi connectivity index (χ4v) is 4.42. The van der Waals surface area contributed by atoms with Crippen LogP contribution in [0.1, 0.15) is 18.5 Å². The van der Waals surface area contributed by atoms with Crippen LogP contribution in [0, 0.1) is 0 Å². The Labute approximate surface area is 209 Å². The van der Waals surface area contributed by atoms with Gasteiger partial charge in [-0.15, -0.1) is 0 Å². The Morgan fingerprint density at radius 2 is 1.74 bits per heavy atom. The van der Waals surface area contributed by atoms with Crippen molar-refractivity contribution in [2.24, 2.45) is 0 Å². The summed E-state index contributed by atoms with van der Waals surface area (Å²) in [5.41, 5.74) is 3.46. The van der Waals surface area contributed by atoms with E-state index in [1.54, 1.807) is 44.6 Å². The summed E-state index contributed by atoms with van der Waals surface area (Å²) in [5, 5.41) is 7.45. The van der Waals surface area contributed by atoms with Crippen molar-refractivity contribution in [3.63, 3.8) is 0 Å². The molecule has 1 atom stereocenters. The fraction of sp³-hybridized carbons (Fsp3) is 0.154. The molecule has 0 radical (unpaired) electrons. The highest BCUT2D eigenvalue weighted by atomic mass is 35.5. The number of hydrogen-bond acceptors (Lipinski definition) is 4. The van der Waals surface area contributed by atoms with E-state index >= 15 is 0 Å². The molecule has 3 aromatic carbocycles. The maximum absolute atomic E-state index is 13.8. The molecule has 1 aliphatic rings. The second kappa shape index (κ2) is 10.2. The molecule has 0 bridgehead atoms. The van der Waals surface area contributed by atoms with Gasteiger partial charge in [-0.1, -0.05) is 41.9 Å². The monoisotopic (exact) mass is 493 g/mol. The lowest BCUT2D eigenvalue weighted by molar-refractivity contribution is -0.113. The zero-order valence-electron chi connectivity index (χ0n) is 19.0. The van der Waals surface area contributed by atoms with E-state index in [9.17, 15) is 4.79 Å². The number of anilines is 2. The number of nitrogens with zero attached hydrogens (tertiary/aromatic N) is 1. The second-order valence-electron chi connectivity index (χ2n) is 7.62. The lowest BCUT2D eigenvalue weighted by Crippen LogP contribution is -2.48. The molecule has 174 valence electrons. The van der Waals surface area contributed by atoms with Crippen molar-refractivity contribution in [3.05, 3.63) is 94.7 Å². The van der Waals surface area contributed by atoms with E-state index in [1.807, 2.05) is 54.3 Å². The van der Waals surface area contributed by atoms with Crippen molar-refractivity contribution >= 4 is 46.2 Å². The van der Waals surface area contributed by atoms with Gasteiger partial charge in [0.2, 0.25) is 0 Å². The number of benzene rings is 3. The van der Waals surface area contributed by atoms with E-state index < -0.39 is 6.04 Å². The molecule has 0 aliphatic carbocycles. The van der Waals surface area contributed by atoms with Gasteiger partial charge in [0, 0.05) is 22.5 Å². The summed E-state index contributed by atoms with van der Waals surface area (Å²) < 4.78 is 10.8. The molecule has 3 aromatic rings. The Bertz CT molecular complexity index is 1250. The van der Waals surface area contributed by atoms with Crippen molar-refractivity contribution in [3.8, 4) is 11.5 Å². The van der Waals surface area contributed by atoms with Gasteiger partial charge < -0.3 is 20.1 Å². The van der Waals surface area contributed by atoms with Gasteiger partial charge >= 0.3 is 0 Å². The van der Waals surface area contributed by atoms with Crippen LogP contribution in [0.25, 0.3) is 0 Å². The summed E-state index contributed by atoms with van der Waals surface area (Å²) in [6, 6.07) is 21.8. The van der Waals surface area contributed by atoms with E-state index in [4.69, 9.17) is 33.3 Å². The highest BCUT2D eigenvalue weighted by Crippen LogP contribution is 2.36. The number of thiocarbonyl (C=S) groups is 1. The Morgan fingerprint density at radius 3 is 2.38 bits per heavy atom. The molecule has 1 amide bonds. The molecule has 1 aliphatic heterocycles. The molecule has 0 spiro atoms. The van der Waals surface area contributed by atoms with Crippen molar-refractivity contribution in [2.75, 3.05) is 24.4 Å². The van der Waals surface area contributed by atoms with Crippen LogP contribution in [0.15, 0.2) is 84.1 Å². The molecule has 2 N–H and O–H groups in total. The number of carbonyl (C=O) groups is 1. The van der Waals surface area contributed by atoms with Gasteiger partial charge in [0.15, 0.2) is 5.11 Å². The summed E-state index contributed by atoms with van der Waals surface area (Å²) in [7, 11) is 3.12. The first-order valence-electron chi connectivity index (χ1n) is 10.6. The first-order chi connectivity index (χ1) is 16.4. The number of carbonyl (C=O) groups excluding carboxylic acids is 1.